The number of hydrogen-bond acceptors (Lipinski definition) is 5. The fraction of sp³-hybridized carbons (Fsp3) is 0.364. The van der Waals surface area contributed by atoms with Crippen molar-refractivity contribution in [2.24, 2.45) is 0 Å². The molecule has 0 heterocycles. The van der Waals surface area contributed by atoms with Gasteiger partial charge in [0.15, 0.2) is 0 Å². The minimum absolute atomic E-state index is 0.201. The SMILES string of the molecule is CC(C)(C)OC(=O)c1ccc(S(=O)(=O)[O-])cc1. The maximum atomic E-state index is 11.6. The Morgan fingerprint density at radius 1 is 1.18 bits per heavy atom. The highest BCUT2D eigenvalue weighted by atomic mass is 32.2. The average Bonchev–Trinajstić information content (AvgIpc) is 2.14. The molecule has 0 fully saturated rings. The first kappa shape index (κ1) is 13.7. The topological polar surface area (TPSA) is 83.5 Å². The first-order chi connectivity index (χ1) is 7.59. The molecule has 0 spiro atoms. The van der Waals surface area contributed by atoms with Gasteiger partial charge in [-0.2, -0.15) is 0 Å². The van der Waals surface area contributed by atoms with Crippen molar-refractivity contribution < 1.29 is 22.5 Å². The summed E-state index contributed by atoms with van der Waals surface area (Å²) in [6.45, 7) is 5.17. The Balaban J connectivity index is 2.93. The molecular formula is C11H13O5S-. The van der Waals surface area contributed by atoms with Crippen LogP contribution in [0.3, 0.4) is 0 Å². The molecule has 1 aromatic rings. The molecule has 0 aliphatic carbocycles. The summed E-state index contributed by atoms with van der Waals surface area (Å²) in [5.41, 5.74) is -0.423. The molecule has 17 heavy (non-hydrogen) atoms. The standard InChI is InChI=1S/C11H14O5S/c1-11(2,3)16-10(12)8-4-6-9(7-5-8)17(13,14)15/h4-7H,1-3H3,(H,13,14,15)/p-1. The van der Waals surface area contributed by atoms with Gasteiger partial charge in [0.2, 0.25) is 0 Å². The largest absolute Gasteiger partial charge is 0.744 e. The highest BCUT2D eigenvalue weighted by Gasteiger charge is 2.17. The summed E-state index contributed by atoms with van der Waals surface area (Å²) in [7, 11) is -4.48. The van der Waals surface area contributed by atoms with Gasteiger partial charge in [0, 0.05) is 0 Å². The molecular weight excluding hydrogens is 244 g/mol. The van der Waals surface area contributed by atoms with Gasteiger partial charge in [-0.3, -0.25) is 0 Å². The molecule has 6 heteroatoms. The minimum atomic E-state index is -4.48. The molecule has 0 N–H and O–H groups in total. The summed E-state index contributed by atoms with van der Waals surface area (Å²) in [4.78, 5) is 11.2. The van der Waals surface area contributed by atoms with Gasteiger partial charge in [0.05, 0.1) is 10.5 Å². The highest BCUT2D eigenvalue weighted by molar-refractivity contribution is 7.85. The smallest absolute Gasteiger partial charge is 0.338 e. The van der Waals surface area contributed by atoms with E-state index in [1.807, 2.05) is 0 Å². The van der Waals surface area contributed by atoms with Crippen LogP contribution in [0.1, 0.15) is 31.1 Å². The third kappa shape index (κ3) is 4.16. The van der Waals surface area contributed by atoms with Crippen LogP contribution in [0.4, 0.5) is 0 Å². The normalized spacial score (nSPS) is 12.2. The summed E-state index contributed by atoms with van der Waals surface area (Å²) < 4.78 is 37.1. The van der Waals surface area contributed by atoms with Gasteiger partial charge in [0.1, 0.15) is 15.7 Å². The summed E-state index contributed by atoms with van der Waals surface area (Å²) in [5, 5.41) is 0. The maximum Gasteiger partial charge on any atom is 0.338 e. The lowest BCUT2D eigenvalue weighted by atomic mass is 10.2. The van der Waals surface area contributed by atoms with Gasteiger partial charge in [-0.05, 0) is 45.0 Å². The van der Waals surface area contributed by atoms with Crippen LogP contribution in [0.2, 0.25) is 0 Å². The monoisotopic (exact) mass is 257 g/mol. The van der Waals surface area contributed by atoms with E-state index in [9.17, 15) is 17.8 Å². The molecule has 0 bridgehead atoms. The van der Waals surface area contributed by atoms with Gasteiger partial charge in [-0.1, -0.05) is 0 Å². The third-order valence-electron chi connectivity index (χ3n) is 1.78. The van der Waals surface area contributed by atoms with E-state index < -0.39 is 21.7 Å². The Morgan fingerprint density at radius 3 is 2.00 bits per heavy atom. The van der Waals surface area contributed by atoms with Crippen molar-refractivity contribution in [1.29, 1.82) is 0 Å². The van der Waals surface area contributed by atoms with Crippen molar-refractivity contribution in [3.63, 3.8) is 0 Å². The number of carbonyl (C=O) groups excluding carboxylic acids is 1. The first-order valence-corrected chi connectivity index (χ1v) is 6.30. The molecule has 0 atom stereocenters. The van der Waals surface area contributed by atoms with Crippen molar-refractivity contribution in [3.8, 4) is 0 Å². The summed E-state index contributed by atoms with van der Waals surface area (Å²) in [6, 6.07) is 4.67. The number of rotatable bonds is 2. The molecule has 0 aromatic heterocycles. The van der Waals surface area contributed by atoms with E-state index in [2.05, 4.69) is 0 Å². The molecule has 1 rings (SSSR count). The summed E-state index contributed by atoms with van der Waals surface area (Å²) in [5.74, 6) is -0.563. The predicted molar refractivity (Wildman–Crippen MR) is 59.6 cm³/mol. The molecule has 0 amide bonds. The molecule has 5 nitrogen and oxygen atoms in total. The molecule has 0 saturated carbocycles. The Kier molecular flexibility index (Phi) is 3.59. The van der Waals surface area contributed by atoms with Crippen molar-refractivity contribution in [1.82, 2.24) is 0 Å². The van der Waals surface area contributed by atoms with Crippen LogP contribution < -0.4 is 0 Å². The molecule has 0 aliphatic rings. The Labute approximate surface area is 100 Å². The zero-order valence-corrected chi connectivity index (χ0v) is 10.6. The Bertz CT molecular complexity index is 508. The molecule has 0 aliphatic heterocycles. The van der Waals surface area contributed by atoms with E-state index in [1.165, 1.54) is 12.1 Å². The molecule has 0 saturated heterocycles. The van der Waals surface area contributed by atoms with E-state index in [-0.39, 0.29) is 10.5 Å². The fourth-order valence-corrected chi connectivity index (χ4v) is 1.56. The second-order valence-electron chi connectivity index (χ2n) is 4.48. The zero-order valence-electron chi connectivity index (χ0n) is 9.76. The van der Waals surface area contributed by atoms with E-state index >= 15 is 0 Å². The Morgan fingerprint density at radius 2 is 1.65 bits per heavy atom. The van der Waals surface area contributed by atoms with Crippen LogP contribution >= 0.6 is 0 Å². The van der Waals surface area contributed by atoms with Gasteiger partial charge in [-0.15, -0.1) is 0 Å². The minimum Gasteiger partial charge on any atom is -0.744 e. The van der Waals surface area contributed by atoms with Crippen LogP contribution in [-0.2, 0) is 14.9 Å². The van der Waals surface area contributed by atoms with E-state index in [1.54, 1.807) is 20.8 Å². The zero-order chi connectivity index (χ0) is 13.3. The second kappa shape index (κ2) is 4.46. The Hall–Kier alpha value is -1.40. The lowest BCUT2D eigenvalue weighted by Crippen LogP contribution is -2.23. The number of benzene rings is 1. The van der Waals surface area contributed by atoms with E-state index in [0.29, 0.717) is 0 Å². The van der Waals surface area contributed by atoms with E-state index in [0.717, 1.165) is 12.1 Å². The van der Waals surface area contributed by atoms with Crippen LogP contribution in [0.25, 0.3) is 0 Å². The second-order valence-corrected chi connectivity index (χ2v) is 5.86. The van der Waals surface area contributed by atoms with Gasteiger partial charge < -0.3 is 9.29 Å². The number of hydrogen-bond donors (Lipinski definition) is 0. The fourth-order valence-electron chi connectivity index (χ4n) is 1.09. The predicted octanol–water partition coefficient (Wildman–Crippen LogP) is 1.55. The van der Waals surface area contributed by atoms with Crippen LogP contribution in [0.15, 0.2) is 29.2 Å². The van der Waals surface area contributed by atoms with Crippen molar-refractivity contribution in [2.75, 3.05) is 0 Å². The van der Waals surface area contributed by atoms with Crippen molar-refractivity contribution in [3.05, 3.63) is 29.8 Å². The lowest BCUT2D eigenvalue weighted by molar-refractivity contribution is 0.00694. The number of esters is 1. The molecule has 94 valence electrons. The summed E-state index contributed by atoms with van der Waals surface area (Å²) >= 11 is 0. The number of ether oxygens (including phenoxy) is 1. The number of carbonyl (C=O) groups is 1. The van der Waals surface area contributed by atoms with Crippen molar-refractivity contribution in [2.45, 2.75) is 31.3 Å². The van der Waals surface area contributed by atoms with Gasteiger partial charge in [-0.25, -0.2) is 13.2 Å². The van der Waals surface area contributed by atoms with Crippen LogP contribution in [0.5, 0.6) is 0 Å². The summed E-state index contributed by atoms with van der Waals surface area (Å²) in [6.07, 6.45) is 0. The molecule has 1 aromatic carbocycles. The van der Waals surface area contributed by atoms with Crippen molar-refractivity contribution >= 4 is 16.1 Å². The first-order valence-electron chi connectivity index (χ1n) is 4.89. The molecule has 0 radical (unpaired) electrons. The lowest BCUT2D eigenvalue weighted by Gasteiger charge is -2.19. The van der Waals surface area contributed by atoms with Crippen LogP contribution in [0, 0.1) is 0 Å². The van der Waals surface area contributed by atoms with Gasteiger partial charge in [0.25, 0.3) is 0 Å². The van der Waals surface area contributed by atoms with E-state index in [4.69, 9.17) is 4.74 Å². The van der Waals surface area contributed by atoms with Crippen LogP contribution in [-0.4, -0.2) is 24.5 Å². The van der Waals surface area contributed by atoms with Gasteiger partial charge >= 0.3 is 5.97 Å². The third-order valence-corrected chi connectivity index (χ3v) is 2.63. The maximum absolute atomic E-state index is 11.6. The average molecular weight is 257 g/mol. The molecule has 0 unspecified atom stereocenters. The quantitative estimate of drug-likeness (QED) is 0.592. The highest BCUT2D eigenvalue weighted by Crippen LogP contribution is 2.14.